The van der Waals surface area contributed by atoms with E-state index in [0.717, 1.165) is 0 Å². The van der Waals surface area contributed by atoms with E-state index in [1.807, 2.05) is 0 Å². The van der Waals surface area contributed by atoms with Crippen molar-refractivity contribution >= 4 is 30.1 Å². The Bertz CT molecular complexity index is 363. The van der Waals surface area contributed by atoms with E-state index in [-0.39, 0.29) is 44.3 Å². The normalized spacial score (nSPS) is 11.0. The van der Waals surface area contributed by atoms with Crippen molar-refractivity contribution in [3.05, 3.63) is 30.3 Å². The van der Waals surface area contributed by atoms with E-state index < -0.39 is 24.8 Å². The van der Waals surface area contributed by atoms with Gasteiger partial charge in [0.05, 0.1) is 5.30 Å². The van der Waals surface area contributed by atoms with Gasteiger partial charge in [-0.25, -0.2) is 0 Å². The van der Waals surface area contributed by atoms with Crippen LogP contribution in [0.15, 0.2) is 30.3 Å². The summed E-state index contributed by atoms with van der Waals surface area (Å²) in [5, 5.41) is -0.159. The van der Waals surface area contributed by atoms with Gasteiger partial charge in [0.15, 0.2) is 0 Å². The second-order valence-electron chi connectivity index (χ2n) is 2.44. The van der Waals surface area contributed by atoms with E-state index in [1.54, 1.807) is 6.07 Å². The van der Waals surface area contributed by atoms with Gasteiger partial charge in [0, 0.05) is 0 Å². The van der Waals surface area contributed by atoms with Crippen LogP contribution in [0.1, 0.15) is 0 Å². The fourth-order valence-corrected chi connectivity index (χ4v) is 3.98. The summed E-state index contributed by atoms with van der Waals surface area (Å²) in [6, 6.07) is 6.91. The molecule has 7 nitrogen and oxygen atoms in total. The Hall–Kier alpha value is 1.32. The van der Waals surface area contributed by atoms with Crippen molar-refractivity contribution in [3.8, 4) is 0 Å². The molecule has 18 heavy (non-hydrogen) atoms. The Balaban J connectivity index is 0. The third kappa shape index (κ3) is 7.19. The van der Waals surface area contributed by atoms with Gasteiger partial charge in [-0.05, 0) is 12.1 Å². The van der Waals surface area contributed by atoms with Crippen LogP contribution < -0.4 is 24.9 Å². The molecule has 0 heterocycles. The molecule has 90 valence electrons. The zero-order valence-corrected chi connectivity index (χ0v) is 17.6. The second kappa shape index (κ2) is 10.1. The van der Waals surface area contributed by atoms with Gasteiger partial charge in [-0.2, -0.15) is 0 Å². The van der Waals surface area contributed by atoms with Crippen LogP contribution in [0.5, 0.6) is 0 Å². The van der Waals surface area contributed by atoms with E-state index in [2.05, 4.69) is 8.62 Å². The van der Waals surface area contributed by atoms with Gasteiger partial charge < -0.3 is 28.2 Å². The van der Waals surface area contributed by atoms with E-state index in [1.165, 1.54) is 24.3 Å². The molecule has 12 heteroatoms. The van der Waals surface area contributed by atoms with Crippen LogP contribution in [0.2, 0.25) is 0 Å². The molecule has 0 fully saturated rings. The first-order valence-corrected chi connectivity index (χ1v) is 7.51. The van der Waals surface area contributed by atoms with Gasteiger partial charge in [-0.15, -0.1) is 17.2 Å². The van der Waals surface area contributed by atoms with Crippen molar-refractivity contribution in [1.82, 2.24) is 0 Å². The number of hydrogen-bond acceptors (Lipinski definition) is 7. The SMILES string of the molecule is O=P(OP([O-])[O-])(OP([O-])[O-])c1ccccc1.[Zn+2].[Zn+2]. The molecular weight excluding hydrogens is 408 g/mol. The fraction of sp³-hybridized carbons (Fsp3) is 0. The Labute approximate surface area is 132 Å². The summed E-state index contributed by atoms with van der Waals surface area (Å²) in [6.45, 7) is 0. The van der Waals surface area contributed by atoms with Gasteiger partial charge >= 0.3 is 46.6 Å². The molecular formula is C6H5O7P3Zn2. The molecule has 0 atom stereocenters. The molecule has 0 N–H and O–H groups in total. The molecule has 0 saturated heterocycles. The second-order valence-corrected chi connectivity index (χ2v) is 6.16. The molecule has 0 radical (unpaired) electrons. The summed E-state index contributed by atoms with van der Waals surface area (Å²) >= 11 is 0. The fourth-order valence-electron chi connectivity index (χ4n) is 0.895. The summed E-state index contributed by atoms with van der Waals surface area (Å²) in [5.41, 5.74) is 0. The van der Waals surface area contributed by atoms with E-state index >= 15 is 0 Å². The molecule has 0 spiro atoms. The Kier molecular flexibility index (Phi) is 12.1. The first kappa shape index (κ1) is 21.6. The minimum atomic E-state index is -4.38. The number of hydrogen-bond donors (Lipinski definition) is 0. The van der Waals surface area contributed by atoms with Crippen molar-refractivity contribution in [2.24, 2.45) is 0 Å². The third-order valence-corrected chi connectivity index (χ3v) is 5.14. The summed E-state index contributed by atoms with van der Waals surface area (Å²) in [6.07, 6.45) is 0. The molecule has 0 aliphatic heterocycles. The Morgan fingerprint density at radius 2 is 1.28 bits per heavy atom. The maximum absolute atomic E-state index is 11.8. The number of rotatable bonds is 5. The third-order valence-electron chi connectivity index (χ3n) is 1.42. The summed E-state index contributed by atoms with van der Waals surface area (Å²) < 4.78 is 19.9. The average molecular weight is 413 g/mol. The van der Waals surface area contributed by atoms with Crippen molar-refractivity contribution < 1.29 is 71.7 Å². The number of benzene rings is 1. The molecule has 0 unspecified atom stereocenters. The predicted octanol–water partition coefficient (Wildman–Crippen LogP) is -1.57. The van der Waals surface area contributed by atoms with Gasteiger partial charge in [0.2, 0.25) is 0 Å². The largest absolute Gasteiger partial charge is 2.00 e. The van der Waals surface area contributed by atoms with Crippen LogP contribution in [0.4, 0.5) is 0 Å². The molecule has 0 bridgehead atoms. The average Bonchev–Trinajstić information content (AvgIpc) is 2.16. The molecule has 0 amide bonds. The monoisotopic (exact) mass is 410 g/mol. The molecule has 0 aliphatic carbocycles. The molecule has 1 aromatic rings. The maximum Gasteiger partial charge on any atom is 2.00 e. The predicted molar refractivity (Wildman–Crippen MR) is 49.7 cm³/mol. The van der Waals surface area contributed by atoms with Gasteiger partial charge in [0.25, 0.3) is 0 Å². The molecule has 0 aromatic heterocycles. The van der Waals surface area contributed by atoms with Gasteiger partial charge in [0.1, 0.15) is 0 Å². The zero-order chi connectivity index (χ0) is 12.2. The zero-order valence-electron chi connectivity index (χ0n) is 9.00. The molecule has 1 aromatic carbocycles. The van der Waals surface area contributed by atoms with Crippen molar-refractivity contribution in [3.63, 3.8) is 0 Å². The van der Waals surface area contributed by atoms with Gasteiger partial charge in [-0.3, -0.25) is 4.57 Å². The summed E-state index contributed by atoms with van der Waals surface area (Å²) in [7, 11) is -11.4. The minimum absolute atomic E-state index is 0. The maximum atomic E-state index is 11.8. The van der Waals surface area contributed by atoms with E-state index in [0.29, 0.717) is 0 Å². The summed E-state index contributed by atoms with van der Waals surface area (Å²) in [5.74, 6) is 0. The first-order chi connectivity index (χ1) is 7.44. The molecule has 0 saturated carbocycles. The quantitative estimate of drug-likeness (QED) is 0.422. The minimum Gasteiger partial charge on any atom is -0.820 e. The van der Waals surface area contributed by atoms with Crippen LogP contribution in [-0.2, 0) is 52.1 Å². The smallest absolute Gasteiger partial charge is 0.820 e. The van der Waals surface area contributed by atoms with Crippen LogP contribution in [0.25, 0.3) is 0 Å². The van der Waals surface area contributed by atoms with Crippen LogP contribution >= 0.6 is 24.8 Å². The van der Waals surface area contributed by atoms with Crippen LogP contribution in [0.3, 0.4) is 0 Å². The topological polar surface area (TPSA) is 128 Å². The molecule has 0 aliphatic rings. The first-order valence-electron chi connectivity index (χ1n) is 3.78. The van der Waals surface area contributed by atoms with Crippen molar-refractivity contribution in [2.75, 3.05) is 0 Å². The van der Waals surface area contributed by atoms with E-state index in [4.69, 9.17) is 0 Å². The van der Waals surface area contributed by atoms with Crippen molar-refractivity contribution in [1.29, 1.82) is 0 Å². The van der Waals surface area contributed by atoms with Crippen LogP contribution in [-0.4, -0.2) is 0 Å². The van der Waals surface area contributed by atoms with Gasteiger partial charge in [-0.1, -0.05) is 18.2 Å². The standard InChI is InChI=1S/C6H5O7P3.2Zn/c7-14(8)12-16(11,13-15(9)10)6-4-2-1-3-5-6;;/h1-5H;;/q-4;2*+2. The van der Waals surface area contributed by atoms with Crippen LogP contribution in [0, 0.1) is 0 Å². The van der Waals surface area contributed by atoms with Crippen molar-refractivity contribution in [2.45, 2.75) is 0 Å². The Morgan fingerprint density at radius 1 is 0.889 bits per heavy atom. The van der Waals surface area contributed by atoms with E-state index in [9.17, 15) is 24.1 Å². The summed E-state index contributed by atoms with van der Waals surface area (Å²) in [4.78, 5) is 41.3. The Morgan fingerprint density at radius 3 is 1.61 bits per heavy atom. The molecule has 1 rings (SSSR count).